The predicted octanol–water partition coefficient (Wildman–Crippen LogP) is 5.13. The van der Waals surface area contributed by atoms with Crippen LogP contribution < -0.4 is 3.32 Å². The molecule has 0 saturated carbocycles. The molecule has 0 aromatic heterocycles. The normalized spacial score (nSPS) is 13.8. The van der Waals surface area contributed by atoms with E-state index in [0.717, 1.165) is 12.2 Å². The van der Waals surface area contributed by atoms with E-state index in [-0.39, 0.29) is 30.2 Å². The van der Waals surface area contributed by atoms with Crippen LogP contribution in [0.25, 0.3) is 5.57 Å². The van der Waals surface area contributed by atoms with Gasteiger partial charge in [0.2, 0.25) is 0 Å². The van der Waals surface area contributed by atoms with Gasteiger partial charge in [-0.25, -0.2) is 0 Å². The number of halogens is 2. The summed E-state index contributed by atoms with van der Waals surface area (Å²) in [5.41, 5.74) is 4.21. The Morgan fingerprint density at radius 3 is 2.26 bits per heavy atom. The molecule has 103 valence electrons. The van der Waals surface area contributed by atoms with Gasteiger partial charge in [0.15, 0.2) is 0 Å². The van der Waals surface area contributed by atoms with Crippen molar-refractivity contribution < 1.29 is 24.1 Å². The standard InChI is InChI=1S/C15H18O.2ClH.Ti/c1-15(2,3)12-9-8-11(10-12)13-6-4-5-7-14(13)16;;;/h4-7,9-10,16H,8H2,1-3H3;2*1H;/q;;;+1/p-1. The third kappa shape index (κ3) is 4.39. The first-order valence-electron chi connectivity index (χ1n) is 5.86. The summed E-state index contributed by atoms with van der Waals surface area (Å²) in [5, 5.41) is 0. The van der Waals surface area contributed by atoms with Gasteiger partial charge in [0, 0.05) is 0 Å². The number of benzene rings is 1. The van der Waals surface area contributed by atoms with E-state index in [0.29, 0.717) is 0 Å². The van der Waals surface area contributed by atoms with E-state index in [1.807, 2.05) is 12.1 Å². The molecule has 1 aromatic carbocycles. The number of allylic oxidation sites excluding steroid dienone is 4. The largest absolute Gasteiger partial charge is 0.147 e. The fourth-order valence-electron chi connectivity index (χ4n) is 2.06. The van der Waals surface area contributed by atoms with Crippen LogP contribution >= 0.6 is 24.8 Å². The van der Waals surface area contributed by atoms with E-state index in [1.54, 1.807) is 20.8 Å². The van der Waals surface area contributed by atoms with Crippen LogP contribution in [0.2, 0.25) is 0 Å². The molecule has 1 nitrogen and oxygen atoms in total. The Hall–Kier alpha value is -0.206. The molecule has 0 unspecified atom stereocenters. The van der Waals surface area contributed by atoms with Crippen LogP contribution in [0, 0.1) is 5.41 Å². The minimum atomic E-state index is 0. The third-order valence-electron chi connectivity index (χ3n) is 3.08. The molecular weight excluding hydrogens is 315 g/mol. The quantitative estimate of drug-likeness (QED) is 0.681. The first-order chi connectivity index (χ1) is 8.02. The minimum Gasteiger partial charge on any atom is -0.147 e. The number of rotatable bonds is 2. The third-order valence-corrected chi connectivity index (χ3v) is 3.42. The first kappa shape index (κ1) is 18.8. The van der Waals surface area contributed by atoms with Gasteiger partial charge < -0.3 is 0 Å². The van der Waals surface area contributed by atoms with Gasteiger partial charge in [-0.05, 0) is 0 Å². The SMILES string of the molecule is CC(C)(C)C1=CCC(c2ccccc2[O][Ti])=C1.Cl.Cl. The molecule has 19 heavy (non-hydrogen) atoms. The number of hydrogen-bond acceptors (Lipinski definition) is 1. The fourth-order valence-corrected chi connectivity index (χ4v) is 2.33. The molecule has 0 bridgehead atoms. The summed E-state index contributed by atoms with van der Waals surface area (Å²) in [6, 6.07) is 8.22. The Kier molecular flexibility index (Phi) is 7.46. The summed E-state index contributed by atoms with van der Waals surface area (Å²) in [6.45, 7) is 6.75. The van der Waals surface area contributed by atoms with E-state index >= 15 is 0 Å². The maximum absolute atomic E-state index is 5.41. The van der Waals surface area contributed by atoms with E-state index in [1.165, 1.54) is 16.7 Å². The van der Waals surface area contributed by atoms with Crippen LogP contribution in [0.1, 0.15) is 32.8 Å². The minimum absolute atomic E-state index is 0. The van der Waals surface area contributed by atoms with Crippen molar-refractivity contribution in [3.63, 3.8) is 0 Å². The second-order valence-corrected chi connectivity index (χ2v) is 5.70. The van der Waals surface area contributed by atoms with E-state index in [4.69, 9.17) is 3.32 Å². The Balaban J connectivity index is 0.00000162. The Bertz CT molecular complexity index is 487. The van der Waals surface area contributed by atoms with Gasteiger partial charge in [0.05, 0.1) is 0 Å². The number of para-hydroxylation sites is 1. The average Bonchev–Trinajstić information content (AvgIpc) is 2.77. The average molecular weight is 334 g/mol. The molecule has 0 atom stereocenters. The molecule has 0 saturated heterocycles. The van der Waals surface area contributed by atoms with E-state index in [9.17, 15) is 0 Å². The second-order valence-electron chi connectivity index (χ2n) is 5.38. The molecule has 0 fully saturated rings. The molecule has 0 spiro atoms. The van der Waals surface area contributed by atoms with Crippen LogP contribution in [-0.2, 0) is 20.8 Å². The van der Waals surface area contributed by atoms with Crippen molar-refractivity contribution >= 4 is 30.4 Å². The zero-order valence-electron chi connectivity index (χ0n) is 11.4. The summed E-state index contributed by atoms with van der Waals surface area (Å²) >= 11 is 1.73. The molecular formula is C15H19Cl2OTi. The Morgan fingerprint density at radius 1 is 1.11 bits per heavy atom. The zero-order chi connectivity index (χ0) is 12.5. The van der Waals surface area contributed by atoms with Gasteiger partial charge in [-0.2, -0.15) is 0 Å². The van der Waals surface area contributed by atoms with Gasteiger partial charge in [0.1, 0.15) is 0 Å². The van der Waals surface area contributed by atoms with Crippen LogP contribution in [0.5, 0.6) is 5.75 Å². The molecule has 0 aliphatic heterocycles. The smallest absolute Gasteiger partial charge is 0.147 e. The van der Waals surface area contributed by atoms with Gasteiger partial charge in [-0.1, -0.05) is 0 Å². The van der Waals surface area contributed by atoms with Gasteiger partial charge in [-0.15, -0.1) is 24.8 Å². The van der Waals surface area contributed by atoms with Gasteiger partial charge in [0.25, 0.3) is 0 Å². The molecule has 0 radical (unpaired) electrons. The zero-order valence-corrected chi connectivity index (χ0v) is 14.6. The van der Waals surface area contributed by atoms with Gasteiger partial charge in [-0.3, -0.25) is 0 Å². The summed E-state index contributed by atoms with van der Waals surface area (Å²) in [6.07, 6.45) is 5.63. The predicted molar refractivity (Wildman–Crippen MR) is 81.7 cm³/mol. The van der Waals surface area contributed by atoms with Crippen molar-refractivity contribution in [3.8, 4) is 5.75 Å². The topological polar surface area (TPSA) is 9.23 Å². The molecule has 0 amide bonds. The first-order valence-corrected chi connectivity index (χ1v) is 6.50. The van der Waals surface area contributed by atoms with Gasteiger partial charge >= 0.3 is 116 Å². The Morgan fingerprint density at radius 2 is 1.74 bits per heavy atom. The maximum atomic E-state index is 5.41. The van der Waals surface area contributed by atoms with Crippen molar-refractivity contribution in [2.45, 2.75) is 27.2 Å². The van der Waals surface area contributed by atoms with Crippen molar-refractivity contribution in [2.24, 2.45) is 5.41 Å². The molecule has 1 aromatic rings. The molecule has 0 heterocycles. The maximum Gasteiger partial charge on any atom is -0.147 e. The van der Waals surface area contributed by atoms with Crippen molar-refractivity contribution in [2.75, 3.05) is 0 Å². The molecule has 2 rings (SSSR count). The van der Waals surface area contributed by atoms with Crippen molar-refractivity contribution in [1.29, 1.82) is 0 Å². The molecule has 1 aliphatic rings. The molecule has 4 heteroatoms. The summed E-state index contributed by atoms with van der Waals surface area (Å²) in [7, 11) is 0. The summed E-state index contributed by atoms with van der Waals surface area (Å²) < 4.78 is 5.41. The van der Waals surface area contributed by atoms with E-state index < -0.39 is 0 Å². The van der Waals surface area contributed by atoms with Crippen molar-refractivity contribution in [3.05, 3.63) is 47.6 Å². The second kappa shape index (κ2) is 7.54. The van der Waals surface area contributed by atoms with E-state index in [2.05, 4.69) is 45.1 Å². The Labute approximate surface area is 140 Å². The molecule has 0 N–H and O–H groups in total. The molecule has 1 aliphatic carbocycles. The van der Waals surface area contributed by atoms with Crippen LogP contribution in [0.3, 0.4) is 0 Å². The van der Waals surface area contributed by atoms with Crippen LogP contribution in [0.4, 0.5) is 0 Å². The van der Waals surface area contributed by atoms with Crippen LogP contribution in [-0.4, -0.2) is 0 Å². The fraction of sp³-hybridized carbons (Fsp3) is 0.333. The summed E-state index contributed by atoms with van der Waals surface area (Å²) in [4.78, 5) is 0. The monoisotopic (exact) mass is 333 g/mol. The number of hydrogen-bond donors (Lipinski definition) is 0. The van der Waals surface area contributed by atoms with Crippen LogP contribution in [0.15, 0.2) is 42.0 Å². The summed E-state index contributed by atoms with van der Waals surface area (Å²) in [5.74, 6) is 0.960. The van der Waals surface area contributed by atoms with Crippen molar-refractivity contribution in [1.82, 2.24) is 0 Å².